The van der Waals surface area contributed by atoms with Crippen LogP contribution in [0.5, 0.6) is 0 Å². The highest BCUT2D eigenvalue weighted by Gasteiger charge is 2.21. The molecule has 1 heterocycles. The summed E-state index contributed by atoms with van der Waals surface area (Å²) in [5, 5.41) is 10.3. The fourth-order valence-electron chi connectivity index (χ4n) is 4.64. The first-order valence-corrected chi connectivity index (χ1v) is 11.2. The zero-order valence-electron chi connectivity index (χ0n) is 17.5. The van der Waals surface area contributed by atoms with Gasteiger partial charge in [0.15, 0.2) is 0 Å². The predicted octanol–water partition coefficient (Wildman–Crippen LogP) is 4.81. The van der Waals surface area contributed by atoms with Gasteiger partial charge >= 0.3 is 0 Å². The van der Waals surface area contributed by atoms with E-state index in [1.165, 1.54) is 47.2 Å². The van der Waals surface area contributed by atoms with Crippen molar-refractivity contribution in [3.05, 3.63) is 58.7 Å². The van der Waals surface area contributed by atoms with Crippen LogP contribution in [-0.4, -0.2) is 19.0 Å². The molecule has 0 atom stereocenters. The first kappa shape index (κ1) is 20.0. The van der Waals surface area contributed by atoms with Crippen LogP contribution in [-0.2, 0) is 24.2 Å². The number of amides is 1. The Hall–Kier alpha value is -2.33. The summed E-state index contributed by atoms with van der Waals surface area (Å²) in [5.74, 6) is 0.377. The van der Waals surface area contributed by atoms with Crippen molar-refractivity contribution in [1.82, 2.24) is 5.32 Å². The fraction of sp³-hybridized carbons (Fsp3) is 0.480. The van der Waals surface area contributed by atoms with E-state index in [9.17, 15) is 4.79 Å². The lowest BCUT2D eigenvalue weighted by atomic mass is 9.88. The molecule has 0 aromatic heterocycles. The van der Waals surface area contributed by atoms with E-state index in [4.69, 9.17) is 0 Å². The Balaban J connectivity index is 1.38. The molecule has 4 nitrogen and oxygen atoms in total. The standard InChI is InChI=1S/C25H33N3O/c1-18-7-10-20-13-15-26-16-14-23(20)24(18)27-17-19-8-11-22(12-9-19)28-25(29)21-5-3-2-4-6-21/h7-12,21,26-27H,2-6,13-17H2,1H3,(H,28,29). The number of hydrogen-bond donors (Lipinski definition) is 3. The van der Waals surface area contributed by atoms with Gasteiger partial charge in [-0.2, -0.15) is 0 Å². The molecular weight excluding hydrogens is 358 g/mol. The van der Waals surface area contributed by atoms with Crippen LogP contribution in [0.1, 0.15) is 54.4 Å². The van der Waals surface area contributed by atoms with Crippen LogP contribution in [0.3, 0.4) is 0 Å². The van der Waals surface area contributed by atoms with E-state index in [-0.39, 0.29) is 11.8 Å². The van der Waals surface area contributed by atoms with Crippen LogP contribution < -0.4 is 16.0 Å². The molecule has 1 saturated carbocycles. The Kier molecular flexibility index (Phi) is 6.50. The first-order valence-electron chi connectivity index (χ1n) is 11.2. The van der Waals surface area contributed by atoms with Gasteiger partial charge in [-0.3, -0.25) is 4.79 Å². The molecular formula is C25H33N3O. The van der Waals surface area contributed by atoms with Gasteiger partial charge in [-0.25, -0.2) is 0 Å². The number of anilines is 2. The number of rotatable bonds is 5. The van der Waals surface area contributed by atoms with Gasteiger partial charge in [0.2, 0.25) is 5.91 Å². The number of aryl methyl sites for hydroxylation is 1. The third-order valence-corrected chi connectivity index (χ3v) is 6.41. The highest BCUT2D eigenvalue weighted by atomic mass is 16.1. The zero-order valence-corrected chi connectivity index (χ0v) is 17.5. The van der Waals surface area contributed by atoms with Gasteiger partial charge in [0.05, 0.1) is 0 Å². The van der Waals surface area contributed by atoms with Gasteiger partial charge in [0.25, 0.3) is 0 Å². The second-order valence-corrected chi connectivity index (χ2v) is 8.52. The quantitative estimate of drug-likeness (QED) is 0.685. The van der Waals surface area contributed by atoms with Crippen molar-refractivity contribution in [2.24, 2.45) is 5.92 Å². The Morgan fingerprint density at radius 2 is 1.76 bits per heavy atom. The van der Waals surface area contributed by atoms with E-state index in [2.05, 4.69) is 47.1 Å². The highest BCUT2D eigenvalue weighted by molar-refractivity contribution is 5.92. The molecule has 154 valence electrons. The third kappa shape index (κ3) is 4.99. The third-order valence-electron chi connectivity index (χ3n) is 6.41. The van der Waals surface area contributed by atoms with Gasteiger partial charge in [-0.15, -0.1) is 0 Å². The van der Waals surface area contributed by atoms with Crippen LogP contribution in [0.15, 0.2) is 36.4 Å². The van der Waals surface area contributed by atoms with Crippen LogP contribution in [0.4, 0.5) is 11.4 Å². The number of nitrogens with one attached hydrogen (secondary N) is 3. The molecule has 0 radical (unpaired) electrons. The molecule has 0 unspecified atom stereocenters. The topological polar surface area (TPSA) is 53.2 Å². The second kappa shape index (κ2) is 9.45. The molecule has 0 bridgehead atoms. The summed E-state index contributed by atoms with van der Waals surface area (Å²) in [7, 11) is 0. The molecule has 1 amide bonds. The van der Waals surface area contributed by atoms with Crippen molar-refractivity contribution in [3.8, 4) is 0 Å². The van der Waals surface area contributed by atoms with Crippen LogP contribution in [0, 0.1) is 12.8 Å². The van der Waals surface area contributed by atoms with E-state index in [1.54, 1.807) is 0 Å². The van der Waals surface area contributed by atoms with Gasteiger partial charge in [-0.1, -0.05) is 43.5 Å². The van der Waals surface area contributed by atoms with Gasteiger partial charge in [0.1, 0.15) is 0 Å². The summed E-state index contributed by atoms with van der Waals surface area (Å²) >= 11 is 0. The molecule has 29 heavy (non-hydrogen) atoms. The number of carbonyl (C=O) groups excluding carboxylic acids is 1. The number of benzene rings is 2. The smallest absolute Gasteiger partial charge is 0.227 e. The van der Waals surface area contributed by atoms with Gasteiger partial charge < -0.3 is 16.0 Å². The zero-order chi connectivity index (χ0) is 20.1. The van der Waals surface area contributed by atoms with Crippen molar-refractivity contribution >= 4 is 17.3 Å². The summed E-state index contributed by atoms with van der Waals surface area (Å²) in [6.45, 7) is 5.08. The average molecular weight is 392 g/mol. The lowest BCUT2D eigenvalue weighted by Crippen LogP contribution is -2.24. The summed E-state index contributed by atoms with van der Waals surface area (Å²) in [6.07, 6.45) is 7.87. The summed E-state index contributed by atoms with van der Waals surface area (Å²) in [6, 6.07) is 12.8. The minimum absolute atomic E-state index is 0.187. The molecule has 4 heteroatoms. The van der Waals surface area contributed by atoms with Crippen LogP contribution in [0.25, 0.3) is 0 Å². The van der Waals surface area contributed by atoms with Crippen LogP contribution in [0.2, 0.25) is 0 Å². The van der Waals surface area contributed by atoms with E-state index in [0.29, 0.717) is 0 Å². The Morgan fingerprint density at radius 1 is 1.00 bits per heavy atom. The SMILES string of the molecule is Cc1ccc2c(c1NCc1ccc(NC(=O)C3CCCCC3)cc1)CCNCC2. The number of fused-ring (bicyclic) bond motifs is 1. The normalized spacial score (nSPS) is 17.3. The molecule has 1 aliphatic heterocycles. The monoisotopic (exact) mass is 391 g/mol. The van der Waals surface area contributed by atoms with Crippen molar-refractivity contribution in [3.63, 3.8) is 0 Å². The number of carbonyl (C=O) groups is 1. The second-order valence-electron chi connectivity index (χ2n) is 8.52. The maximum absolute atomic E-state index is 12.4. The van der Waals surface area contributed by atoms with Crippen molar-refractivity contribution < 1.29 is 4.79 Å². The van der Waals surface area contributed by atoms with Crippen molar-refractivity contribution in [2.45, 2.75) is 58.4 Å². The lowest BCUT2D eigenvalue weighted by molar-refractivity contribution is -0.120. The molecule has 2 aliphatic rings. The minimum Gasteiger partial charge on any atom is -0.381 e. The van der Waals surface area contributed by atoms with Crippen molar-refractivity contribution in [2.75, 3.05) is 23.7 Å². The molecule has 2 aromatic carbocycles. The highest BCUT2D eigenvalue weighted by Crippen LogP contribution is 2.28. The Labute approximate surface area is 174 Å². The predicted molar refractivity (Wildman–Crippen MR) is 120 cm³/mol. The van der Waals surface area contributed by atoms with Crippen molar-refractivity contribution in [1.29, 1.82) is 0 Å². The molecule has 3 N–H and O–H groups in total. The molecule has 0 saturated heterocycles. The summed E-state index contributed by atoms with van der Waals surface area (Å²) < 4.78 is 0. The molecule has 4 rings (SSSR count). The summed E-state index contributed by atoms with van der Waals surface area (Å²) in [4.78, 5) is 12.4. The lowest BCUT2D eigenvalue weighted by Gasteiger charge is -2.21. The first-order chi connectivity index (χ1) is 14.2. The molecule has 1 fully saturated rings. The number of hydrogen-bond acceptors (Lipinski definition) is 3. The average Bonchev–Trinajstić information content (AvgIpc) is 3.00. The maximum Gasteiger partial charge on any atom is 0.227 e. The van der Waals surface area contributed by atoms with Gasteiger partial charge in [-0.05, 0) is 80.1 Å². The van der Waals surface area contributed by atoms with Gasteiger partial charge in [0, 0.05) is 23.8 Å². The maximum atomic E-state index is 12.4. The fourth-order valence-corrected chi connectivity index (χ4v) is 4.64. The Bertz CT molecular complexity index is 838. The summed E-state index contributed by atoms with van der Waals surface area (Å²) in [5.41, 5.74) is 7.66. The van der Waals surface area contributed by atoms with Crippen LogP contribution >= 0.6 is 0 Å². The molecule has 0 spiro atoms. The van der Waals surface area contributed by atoms with E-state index >= 15 is 0 Å². The largest absolute Gasteiger partial charge is 0.381 e. The Morgan fingerprint density at radius 3 is 2.55 bits per heavy atom. The molecule has 1 aliphatic carbocycles. The van der Waals surface area contributed by atoms with E-state index < -0.39 is 0 Å². The molecule has 2 aromatic rings. The van der Waals surface area contributed by atoms with E-state index in [0.717, 1.165) is 51.0 Å². The van der Waals surface area contributed by atoms with E-state index in [1.807, 2.05) is 12.1 Å². The minimum atomic E-state index is 0.187.